The minimum absolute atomic E-state index is 0.0836. The van der Waals surface area contributed by atoms with Crippen molar-refractivity contribution in [3.63, 3.8) is 0 Å². The van der Waals surface area contributed by atoms with E-state index < -0.39 is 18.0 Å². The third-order valence-electron chi connectivity index (χ3n) is 5.63. The summed E-state index contributed by atoms with van der Waals surface area (Å²) in [5.41, 5.74) is 1.39. The first kappa shape index (κ1) is 19.5. The zero-order valence-electron chi connectivity index (χ0n) is 16.6. The summed E-state index contributed by atoms with van der Waals surface area (Å²) >= 11 is 0. The van der Waals surface area contributed by atoms with E-state index in [1.165, 1.54) is 19.2 Å². The van der Waals surface area contributed by atoms with Gasteiger partial charge < -0.3 is 24.4 Å². The summed E-state index contributed by atoms with van der Waals surface area (Å²) in [7, 11) is 3.06. The van der Waals surface area contributed by atoms with Gasteiger partial charge in [0.25, 0.3) is 0 Å². The van der Waals surface area contributed by atoms with Gasteiger partial charge in [0.05, 0.1) is 25.3 Å². The van der Waals surface area contributed by atoms with E-state index in [0.717, 1.165) is 25.9 Å². The highest BCUT2D eigenvalue weighted by atomic mass is 16.5. The molecule has 0 amide bonds. The number of methoxy groups -OCH3 is 2. The Morgan fingerprint density at radius 3 is 2.59 bits per heavy atom. The molecule has 1 saturated heterocycles. The van der Waals surface area contributed by atoms with Crippen LogP contribution in [0.25, 0.3) is 0 Å². The largest absolute Gasteiger partial charge is 0.507 e. The van der Waals surface area contributed by atoms with E-state index in [1.54, 1.807) is 25.3 Å². The van der Waals surface area contributed by atoms with Gasteiger partial charge in [-0.05, 0) is 50.2 Å². The monoisotopic (exact) mass is 399 g/mol. The van der Waals surface area contributed by atoms with E-state index in [9.17, 15) is 15.0 Å². The maximum absolute atomic E-state index is 12.9. The molecule has 2 heterocycles. The van der Waals surface area contributed by atoms with Crippen LogP contribution in [0.5, 0.6) is 23.0 Å². The minimum atomic E-state index is -1.38. The lowest BCUT2D eigenvalue weighted by molar-refractivity contribution is 0.0199. The lowest BCUT2D eigenvalue weighted by atomic mass is 9.91. The molecule has 29 heavy (non-hydrogen) atoms. The Bertz CT molecular complexity index is 922. The zero-order chi connectivity index (χ0) is 20.5. The second-order valence-corrected chi connectivity index (χ2v) is 7.38. The van der Waals surface area contributed by atoms with Crippen molar-refractivity contribution in [1.29, 1.82) is 0 Å². The summed E-state index contributed by atoms with van der Waals surface area (Å²) in [5, 5.41) is 21.2. The van der Waals surface area contributed by atoms with Crippen LogP contribution in [0.3, 0.4) is 0 Å². The Kier molecular flexibility index (Phi) is 5.34. The van der Waals surface area contributed by atoms with Gasteiger partial charge in [-0.1, -0.05) is 0 Å². The van der Waals surface area contributed by atoms with Crippen molar-refractivity contribution in [1.82, 2.24) is 4.90 Å². The number of aliphatic hydroxyl groups excluding tert-OH is 1. The molecule has 0 aliphatic carbocycles. The quantitative estimate of drug-likeness (QED) is 0.799. The van der Waals surface area contributed by atoms with Gasteiger partial charge >= 0.3 is 0 Å². The molecule has 0 radical (unpaired) electrons. The van der Waals surface area contributed by atoms with E-state index in [0.29, 0.717) is 34.9 Å². The molecule has 0 bridgehead atoms. The first-order valence-electron chi connectivity index (χ1n) is 9.71. The molecule has 2 aliphatic heterocycles. The first-order chi connectivity index (χ1) is 14.0. The van der Waals surface area contributed by atoms with Crippen LogP contribution in [0.2, 0.25) is 0 Å². The Balaban J connectivity index is 1.75. The number of phenolic OH excluding ortho intramolecular Hbond substituents is 1. The Labute approximate surface area is 169 Å². The van der Waals surface area contributed by atoms with E-state index >= 15 is 0 Å². The number of Topliss-reactive ketones (excluding diaryl/α,β-unsaturated/α-hetero) is 1. The summed E-state index contributed by atoms with van der Waals surface area (Å²) in [5.74, 6) is 1.02. The predicted molar refractivity (Wildman–Crippen MR) is 106 cm³/mol. The Morgan fingerprint density at radius 1 is 1.14 bits per heavy atom. The number of fused-ring (bicyclic) bond motifs is 1. The van der Waals surface area contributed by atoms with Crippen LogP contribution in [0.15, 0.2) is 30.3 Å². The maximum Gasteiger partial charge on any atom is 0.199 e. The Morgan fingerprint density at radius 2 is 1.90 bits per heavy atom. The molecule has 0 aromatic heterocycles. The lowest BCUT2D eigenvalue weighted by Gasteiger charge is -2.32. The normalized spacial score (nSPS) is 21.6. The molecule has 2 unspecified atom stereocenters. The highest BCUT2D eigenvalue weighted by Crippen LogP contribution is 2.44. The molecule has 2 aromatic rings. The van der Waals surface area contributed by atoms with Gasteiger partial charge in [0.2, 0.25) is 0 Å². The fourth-order valence-electron chi connectivity index (χ4n) is 4.04. The van der Waals surface area contributed by atoms with Gasteiger partial charge in [0.15, 0.2) is 18.0 Å². The predicted octanol–water partition coefficient (Wildman–Crippen LogP) is 2.68. The third-order valence-corrected chi connectivity index (χ3v) is 5.63. The number of benzene rings is 2. The van der Waals surface area contributed by atoms with Crippen molar-refractivity contribution in [3.8, 4) is 23.0 Å². The molecule has 2 atom stereocenters. The fraction of sp³-hybridized carbons (Fsp3) is 0.409. The zero-order valence-corrected chi connectivity index (χ0v) is 16.6. The second-order valence-electron chi connectivity index (χ2n) is 7.38. The fourth-order valence-corrected chi connectivity index (χ4v) is 4.04. The van der Waals surface area contributed by atoms with Gasteiger partial charge in [0, 0.05) is 18.2 Å². The summed E-state index contributed by atoms with van der Waals surface area (Å²) in [6.45, 7) is 2.37. The van der Waals surface area contributed by atoms with Gasteiger partial charge in [-0.2, -0.15) is 0 Å². The summed E-state index contributed by atoms with van der Waals surface area (Å²) in [6.07, 6.45) is -0.108. The maximum atomic E-state index is 12.9. The van der Waals surface area contributed by atoms with E-state index in [2.05, 4.69) is 4.90 Å². The number of rotatable bonds is 5. The molecule has 0 saturated carbocycles. The van der Waals surface area contributed by atoms with Crippen molar-refractivity contribution >= 4 is 5.78 Å². The number of nitrogens with zero attached hydrogens (tertiary/aromatic N) is 1. The Hall–Kier alpha value is -2.77. The number of likely N-dealkylation sites (tertiary alicyclic amines) is 1. The average Bonchev–Trinajstić information content (AvgIpc) is 3.25. The first-order valence-corrected chi connectivity index (χ1v) is 9.71. The molecular formula is C22H25NO6. The van der Waals surface area contributed by atoms with Crippen molar-refractivity contribution < 1.29 is 29.2 Å². The molecule has 2 aromatic carbocycles. The highest BCUT2D eigenvalue weighted by molar-refractivity contribution is 6.03. The molecule has 1 fully saturated rings. The van der Waals surface area contributed by atoms with Crippen LogP contribution in [-0.2, 0) is 6.54 Å². The average molecular weight is 399 g/mol. The number of carbonyl (C=O) groups excluding carboxylic acids is 1. The highest BCUT2D eigenvalue weighted by Gasteiger charge is 2.40. The topological polar surface area (TPSA) is 88.5 Å². The van der Waals surface area contributed by atoms with Gasteiger partial charge in [-0.25, -0.2) is 0 Å². The third kappa shape index (κ3) is 3.52. The van der Waals surface area contributed by atoms with Crippen LogP contribution in [0.4, 0.5) is 0 Å². The van der Waals surface area contributed by atoms with Crippen LogP contribution in [-0.4, -0.2) is 54.3 Å². The summed E-state index contributed by atoms with van der Waals surface area (Å²) in [4.78, 5) is 15.2. The minimum Gasteiger partial charge on any atom is -0.507 e. The number of phenols is 1. The number of aromatic hydroxyl groups is 1. The summed E-state index contributed by atoms with van der Waals surface area (Å²) < 4.78 is 16.8. The van der Waals surface area contributed by atoms with Crippen LogP contribution in [0, 0.1) is 0 Å². The standard InChI is InChI=1S/C22H25NO6/c1-27-13-5-6-14(18(11-13)28-2)22-20(26)19(25)15-7-8-17(24)16(21(15)29-22)12-23-9-3-4-10-23/h5-8,11,20,22,24,26H,3-4,9-10,12H2,1-2H3. The second kappa shape index (κ2) is 7.93. The van der Waals surface area contributed by atoms with Crippen LogP contribution < -0.4 is 14.2 Å². The SMILES string of the molecule is COc1ccc(C2Oc3c(ccc(O)c3CN3CCCC3)C(=O)C2O)c(OC)c1. The molecule has 4 rings (SSSR count). The van der Waals surface area contributed by atoms with Crippen molar-refractivity contribution in [3.05, 3.63) is 47.0 Å². The number of hydrogen-bond donors (Lipinski definition) is 2. The molecule has 2 aliphatic rings. The molecule has 7 heteroatoms. The van der Waals surface area contributed by atoms with Gasteiger partial charge in [0.1, 0.15) is 23.0 Å². The van der Waals surface area contributed by atoms with E-state index in [4.69, 9.17) is 14.2 Å². The summed E-state index contributed by atoms with van der Waals surface area (Å²) in [6, 6.07) is 8.12. The molecule has 2 N–H and O–H groups in total. The van der Waals surface area contributed by atoms with Crippen molar-refractivity contribution in [2.45, 2.75) is 31.6 Å². The number of aliphatic hydroxyl groups is 1. The molecule has 7 nitrogen and oxygen atoms in total. The van der Waals surface area contributed by atoms with E-state index in [-0.39, 0.29) is 11.3 Å². The van der Waals surface area contributed by atoms with Gasteiger partial charge in [-0.3, -0.25) is 9.69 Å². The van der Waals surface area contributed by atoms with Crippen LogP contribution in [0.1, 0.15) is 40.4 Å². The van der Waals surface area contributed by atoms with Crippen molar-refractivity contribution in [2.75, 3.05) is 27.3 Å². The van der Waals surface area contributed by atoms with Crippen molar-refractivity contribution in [2.24, 2.45) is 0 Å². The number of ketones is 1. The molecule has 0 spiro atoms. The number of hydrogen-bond acceptors (Lipinski definition) is 7. The van der Waals surface area contributed by atoms with Crippen LogP contribution >= 0.6 is 0 Å². The van der Waals surface area contributed by atoms with E-state index in [1.807, 2.05) is 0 Å². The number of carbonyl (C=O) groups is 1. The smallest absolute Gasteiger partial charge is 0.199 e. The number of ether oxygens (including phenoxy) is 3. The van der Waals surface area contributed by atoms with Gasteiger partial charge in [-0.15, -0.1) is 0 Å². The molecular weight excluding hydrogens is 374 g/mol. The lowest BCUT2D eigenvalue weighted by Crippen LogP contribution is -2.37. The molecule has 154 valence electrons.